The second-order valence-electron chi connectivity index (χ2n) is 6.39. The summed E-state index contributed by atoms with van der Waals surface area (Å²) in [5.41, 5.74) is 2.55. The molecular formula is C24H19N3O3. The predicted octanol–water partition coefficient (Wildman–Crippen LogP) is 5.20. The predicted molar refractivity (Wildman–Crippen MR) is 115 cm³/mol. The molecule has 148 valence electrons. The summed E-state index contributed by atoms with van der Waals surface area (Å²) in [4.78, 5) is 21.2. The molecule has 0 spiro atoms. The minimum absolute atomic E-state index is 0.240. The van der Waals surface area contributed by atoms with Crippen molar-refractivity contribution < 1.29 is 14.3 Å². The zero-order valence-electron chi connectivity index (χ0n) is 16.3. The SMILES string of the molecule is COc1ccccc1NC(=O)c1cccc(-c2cc(Oc3ccccc3)ncn2)c1. The van der Waals surface area contributed by atoms with Crippen molar-refractivity contribution in [3.8, 4) is 28.6 Å². The quantitative estimate of drug-likeness (QED) is 0.484. The Kier molecular flexibility index (Phi) is 5.66. The van der Waals surface area contributed by atoms with Crippen LogP contribution in [0.4, 0.5) is 5.69 Å². The number of aromatic nitrogens is 2. The summed E-state index contributed by atoms with van der Waals surface area (Å²) in [6.07, 6.45) is 1.44. The van der Waals surface area contributed by atoms with Crippen LogP contribution in [0.15, 0.2) is 91.3 Å². The molecule has 6 heteroatoms. The van der Waals surface area contributed by atoms with Gasteiger partial charge in [0.2, 0.25) is 5.88 Å². The minimum Gasteiger partial charge on any atom is -0.495 e. The van der Waals surface area contributed by atoms with Gasteiger partial charge in [0.05, 0.1) is 18.5 Å². The number of methoxy groups -OCH3 is 1. The van der Waals surface area contributed by atoms with Crippen LogP contribution in [0, 0.1) is 0 Å². The minimum atomic E-state index is -0.240. The molecule has 1 heterocycles. The number of para-hydroxylation sites is 3. The summed E-state index contributed by atoms with van der Waals surface area (Å²) in [7, 11) is 1.57. The van der Waals surface area contributed by atoms with Crippen LogP contribution in [0.3, 0.4) is 0 Å². The number of hydrogen-bond acceptors (Lipinski definition) is 5. The van der Waals surface area contributed by atoms with Gasteiger partial charge in [-0.1, -0.05) is 42.5 Å². The van der Waals surface area contributed by atoms with Gasteiger partial charge in [0.1, 0.15) is 17.8 Å². The lowest BCUT2D eigenvalue weighted by Crippen LogP contribution is -2.12. The summed E-state index contributed by atoms with van der Waals surface area (Å²) in [6.45, 7) is 0. The molecule has 0 saturated carbocycles. The van der Waals surface area contributed by atoms with Crippen molar-refractivity contribution >= 4 is 11.6 Å². The lowest BCUT2D eigenvalue weighted by Gasteiger charge is -2.11. The standard InChI is InChI=1S/C24H19N3O3/c1-29-22-13-6-5-12-20(22)27-24(28)18-9-7-8-17(14-18)21-15-23(26-16-25-21)30-19-10-3-2-4-11-19/h2-16H,1H3,(H,27,28). The number of anilines is 1. The fraction of sp³-hybridized carbons (Fsp3) is 0.0417. The van der Waals surface area contributed by atoms with E-state index in [1.54, 1.807) is 37.4 Å². The van der Waals surface area contributed by atoms with Gasteiger partial charge in [-0.25, -0.2) is 9.97 Å². The highest BCUT2D eigenvalue weighted by Crippen LogP contribution is 2.26. The van der Waals surface area contributed by atoms with Crippen molar-refractivity contribution in [2.45, 2.75) is 0 Å². The Labute approximate surface area is 174 Å². The summed E-state index contributed by atoms with van der Waals surface area (Å²) in [5, 5.41) is 2.88. The zero-order chi connectivity index (χ0) is 20.8. The third-order valence-electron chi connectivity index (χ3n) is 4.38. The molecule has 0 atom stereocenters. The number of benzene rings is 3. The van der Waals surface area contributed by atoms with Crippen LogP contribution in [0.1, 0.15) is 10.4 Å². The molecule has 0 saturated heterocycles. The van der Waals surface area contributed by atoms with E-state index in [-0.39, 0.29) is 5.91 Å². The number of nitrogens with zero attached hydrogens (tertiary/aromatic N) is 2. The molecule has 1 aromatic heterocycles. The first-order valence-electron chi connectivity index (χ1n) is 9.33. The van der Waals surface area contributed by atoms with Crippen molar-refractivity contribution in [3.63, 3.8) is 0 Å². The second-order valence-corrected chi connectivity index (χ2v) is 6.39. The van der Waals surface area contributed by atoms with Gasteiger partial charge in [0.15, 0.2) is 0 Å². The van der Waals surface area contributed by atoms with E-state index in [9.17, 15) is 4.79 Å². The normalized spacial score (nSPS) is 10.3. The molecule has 0 aliphatic carbocycles. The molecule has 0 bridgehead atoms. The lowest BCUT2D eigenvalue weighted by molar-refractivity contribution is 0.102. The highest BCUT2D eigenvalue weighted by atomic mass is 16.5. The van der Waals surface area contributed by atoms with Crippen LogP contribution in [0.2, 0.25) is 0 Å². The van der Waals surface area contributed by atoms with E-state index >= 15 is 0 Å². The molecule has 3 aromatic carbocycles. The number of carbonyl (C=O) groups excluding carboxylic acids is 1. The van der Waals surface area contributed by atoms with Crippen LogP contribution >= 0.6 is 0 Å². The van der Waals surface area contributed by atoms with Gasteiger partial charge in [0, 0.05) is 17.2 Å². The Morgan fingerprint density at radius 3 is 2.50 bits per heavy atom. The lowest BCUT2D eigenvalue weighted by atomic mass is 10.1. The largest absolute Gasteiger partial charge is 0.495 e. The van der Waals surface area contributed by atoms with Gasteiger partial charge < -0.3 is 14.8 Å². The van der Waals surface area contributed by atoms with Crippen LogP contribution in [0.5, 0.6) is 17.4 Å². The van der Waals surface area contributed by atoms with Gasteiger partial charge in [-0.05, 0) is 36.4 Å². The van der Waals surface area contributed by atoms with Gasteiger partial charge in [-0.2, -0.15) is 0 Å². The van der Waals surface area contributed by atoms with Gasteiger partial charge >= 0.3 is 0 Å². The summed E-state index contributed by atoms with van der Waals surface area (Å²) < 4.78 is 11.1. The molecule has 4 aromatic rings. The molecule has 1 amide bonds. The summed E-state index contributed by atoms with van der Waals surface area (Å²) >= 11 is 0. The van der Waals surface area contributed by atoms with E-state index in [0.29, 0.717) is 34.3 Å². The van der Waals surface area contributed by atoms with Gasteiger partial charge in [-0.3, -0.25) is 4.79 Å². The van der Waals surface area contributed by atoms with Crippen LogP contribution in [0.25, 0.3) is 11.3 Å². The number of rotatable bonds is 6. The van der Waals surface area contributed by atoms with E-state index in [0.717, 1.165) is 5.56 Å². The average molecular weight is 397 g/mol. The Balaban J connectivity index is 1.56. The monoisotopic (exact) mass is 397 g/mol. The van der Waals surface area contributed by atoms with Crippen LogP contribution < -0.4 is 14.8 Å². The number of amides is 1. The number of hydrogen-bond donors (Lipinski definition) is 1. The van der Waals surface area contributed by atoms with E-state index in [4.69, 9.17) is 9.47 Å². The molecule has 0 radical (unpaired) electrons. The first-order chi connectivity index (χ1) is 14.7. The Morgan fingerprint density at radius 2 is 1.67 bits per heavy atom. The highest BCUT2D eigenvalue weighted by Gasteiger charge is 2.11. The second kappa shape index (κ2) is 8.87. The van der Waals surface area contributed by atoms with Gasteiger partial charge in [0.25, 0.3) is 5.91 Å². The highest BCUT2D eigenvalue weighted by molar-refractivity contribution is 6.05. The number of nitrogens with one attached hydrogen (secondary N) is 1. The van der Waals surface area contributed by atoms with E-state index in [1.165, 1.54) is 6.33 Å². The molecule has 0 unspecified atom stereocenters. The third kappa shape index (κ3) is 4.44. The maximum absolute atomic E-state index is 12.7. The fourth-order valence-electron chi connectivity index (χ4n) is 2.92. The summed E-state index contributed by atoms with van der Waals surface area (Å²) in [5.74, 6) is 1.47. The number of carbonyl (C=O) groups is 1. The molecular weight excluding hydrogens is 378 g/mol. The third-order valence-corrected chi connectivity index (χ3v) is 4.38. The Morgan fingerprint density at radius 1 is 0.867 bits per heavy atom. The molecule has 4 rings (SSSR count). The molecule has 0 fully saturated rings. The topological polar surface area (TPSA) is 73.3 Å². The Bertz CT molecular complexity index is 1160. The first-order valence-corrected chi connectivity index (χ1v) is 9.33. The van der Waals surface area contributed by atoms with E-state index in [1.807, 2.05) is 54.6 Å². The van der Waals surface area contributed by atoms with Crippen molar-refractivity contribution in [3.05, 3.63) is 96.8 Å². The average Bonchev–Trinajstić information content (AvgIpc) is 2.80. The van der Waals surface area contributed by atoms with Crippen LogP contribution in [-0.4, -0.2) is 23.0 Å². The molecule has 6 nitrogen and oxygen atoms in total. The Hall–Kier alpha value is -4.19. The molecule has 30 heavy (non-hydrogen) atoms. The maximum Gasteiger partial charge on any atom is 0.255 e. The van der Waals surface area contributed by atoms with Crippen molar-refractivity contribution in [2.75, 3.05) is 12.4 Å². The van der Waals surface area contributed by atoms with Crippen molar-refractivity contribution in [1.29, 1.82) is 0 Å². The smallest absolute Gasteiger partial charge is 0.255 e. The van der Waals surface area contributed by atoms with Crippen molar-refractivity contribution in [2.24, 2.45) is 0 Å². The fourth-order valence-corrected chi connectivity index (χ4v) is 2.92. The molecule has 0 aliphatic heterocycles. The summed E-state index contributed by atoms with van der Waals surface area (Å²) in [6, 6.07) is 25.6. The van der Waals surface area contributed by atoms with E-state index in [2.05, 4.69) is 15.3 Å². The van der Waals surface area contributed by atoms with Crippen molar-refractivity contribution in [1.82, 2.24) is 9.97 Å². The first kappa shape index (κ1) is 19.1. The van der Waals surface area contributed by atoms with E-state index < -0.39 is 0 Å². The maximum atomic E-state index is 12.7. The molecule has 1 N–H and O–H groups in total. The van der Waals surface area contributed by atoms with Gasteiger partial charge in [-0.15, -0.1) is 0 Å². The number of ether oxygens (including phenoxy) is 2. The van der Waals surface area contributed by atoms with Crippen LogP contribution in [-0.2, 0) is 0 Å². The zero-order valence-corrected chi connectivity index (χ0v) is 16.3. The molecule has 0 aliphatic rings.